The van der Waals surface area contributed by atoms with Crippen molar-refractivity contribution >= 4 is 17.7 Å². The third-order valence-electron chi connectivity index (χ3n) is 4.52. The van der Waals surface area contributed by atoms with Crippen LogP contribution in [-0.2, 0) is 20.6 Å². The van der Waals surface area contributed by atoms with E-state index in [1.807, 2.05) is 44.2 Å². The van der Waals surface area contributed by atoms with Gasteiger partial charge in [-0.1, -0.05) is 30.3 Å². The third-order valence-corrected chi connectivity index (χ3v) is 4.52. The molecule has 2 aromatic carbocycles. The van der Waals surface area contributed by atoms with Crippen molar-refractivity contribution in [2.45, 2.75) is 33.5 Å². The lowest BCUT2D eigenvalue weighted by Gasteiger charge is -2.27. The molecule has 7 nitrogen and oxygen atoms in total. The first-order valence-corrected chi connectivity index (χ1v) is 10.7. The van der Waals surface area contributed by atoms with Gasteiger partial charge in [-0.05, 0) is 57.0 Å². The highest BCUT2D eigenvalue weighted by Gasteiger charge is 2.20. The van der Waals surface area contributed by atoms with Crippen LogP contribution in [0, 0.1) is 0 Å². The summed E-state index contributed by atoms with van der Waals surface area (Å²) in [5, 5.41) is 2.89. The molecule has 0 radical (unpaired) electrons. The van der Waals surface area contributed by atoms with Crippen molar-refractivity contribution in [2.24, 2.45) is 0 Å². The minimum atomic E-state index is -0.497. The van der Waals surface area contributed by atoms with E-state index < -0.39 is 6.29 Å². The molecule has 0 fully saturated rings. The number of carbonyl (C=O) groups excluding carboxylic acids is 2. The molecule has 0 saturated carbocycles. The molecule has 168 valence electrons. The lowest BCUT2D eigenvalue weighted by molar-refractivity contribution is -0.142. The molecule has 0 heterocycles. The van der Waals surface area contributed by atoms with Crippen LogP contribution >= 0.6 is 0 Å². The maximum atomic E-state index is 13.0. The van der Waals surface area contributed by atoms with E-state index in [9.17, 15) is 9.59 Å². The number of nitrogens with one attached hydrogen (secondary N) is 1. The van der Waals surface area contributed by atoms with Gasteiger partial charge in [-0.3, -0.25) is 0 Å². The molecule has 0 aromatic heterocycles. The molecule has 2 amide bonds. The highest BCUT2D eigenvalue weighted by atomic mass is 16.7. The minimum absolute atomic E-state index is 0.260. The average molecular weight is 429 g/mol. The summed E-state index contributed by atoms with van der Waals surface area (Å²) in [6.07, 6.45) is 0.212. The number of amides is 2. The van der Waals surface area contributed by atoms with Crippen molar-refractivity contribution in [3.63, 3.8) is 0 Å². The minimum Gasteiger partial charge on any atom is -0.462 e. The number of rotatable bonds is 12. The van der Waals surface area contributed by atoms with Crippen LogP contribution in [-0.4, -0.2) is 56.1 Å². The Labute approximate surface area is 184 Å². The Bertz CT molecular complexity index is 789. The number of ether oxygens (including phenoxy) is 3. The summed E-state index contributed by atoms with van der Waals surface area (Å²) in [4.78, 5) is 26.5. The highest BCUT2D eigenvalue weighted by Crippen LogP contribution is 2.13. The van der Waals surface area contributed by atoms with Crippen LogP contribution in [0.3, 0.4) is 0 Å². The molecule has 2 rings (SSSR count). The van der Waals surface area contributed by atoms with Crippen molar-refractivity contribution in [3.05, 3.63) is 65.7 Å². The van der Waals surface area contributed by atoms with Gasteiger partial charge in [-0.15, -0.1) is 0 Å². The number of hydrogen-bond acceptors (Lipinski definition) is 5. The number of urea groups is 1. The van der Waals surface area contributed by atoms with Gasteiger partial charge in [0.05, 0.1) is 18.7 Å². The number of benzene rings is 2. The van der Waals surface area contributed by atoms with Gasteiger partial charge < -0.3 is 24.4 Å². The topological polar surface area (TPSA) is 77.1 Å². The summed E-state index contributed by atoms with van der Waals surface area (Å²) in [5.74, 6) is -0.388. The van der Waals surface area contributed by atoms with Gasteiger partial charge in [-0.25, -0.2) is 9.59 Å². The normalized spacial score (nSPS) is 10.7. The second-order valence-corrected chi connectivity index (χ2v) is 6.75. The zero-order chi connectivity index (χ0) is 22.5. The molecular weight excluding hydrogens is 396 g/mol. The average Bonchev–Trinajstić information content (AvgIpc) is 2.78. The molecule has 0 aliphatic rings. The quantitative estimate of drug-likeness (QED) is 0.402. The van der Waals surface area contributed by atoms with E-state index in [1.54, 1.807) is 36.1 Å². The van der Waals surface area contributed by atoms with Crippen molar-refractivity contribution in [2.75, 3.05) is 38.2 Å². The molecule has 0 aliphatic heterocycles. The number of hydrogen-bond donors (Lipinski definition) is 1. The SMILES string of the molecule is CCOC(=O)c1ccc(NC(=O)N(CCc2ccccc2)CC(OCC)OCC)cc1. The van der Waals surface area contributed by atoms with Crippen LogP contribution in [0.1, 0.15) is 36.7 Å². The monoisotopic (exact) mass is 428 g/mol. The summed E-state index contributed by atoms with van der Waals surface area (Å²) in [5.41, 5.74) is 2.17. The summed E-state index contributed by atoms with van der Waals surface area (Å²) in [7, 11) is 0. The summed E-state index contributed by atoms with van der Waals surface area (Å²) >= 11 is 0. The Balaban J connectivity index is 2.07. The maximum Gasteiger partial charge on any atom is 0.338 e. The van der Waals surface area contributed by atoms with Crippen molar-refractivity contribution in [1.29, 1.82) is 0 Å². The second-order valence-electron chi connectivity index (χ2n) is 6.75. The van der Waals surface area contributed by atoms with Gasteiger partial charge in [-0.2, -0.15) is 0 Å². The molecule has 0 bridgehead atoms. The molecule has 1 N–H and O–H groups in total. The van der Waals surface area contributed by atoms with Crippen molar-refractivity contribution in [1.82, 2.24) is 4.90 Å². The first kappa shape index (κ1) is 24.4. The standard InChI is InChI=1S/C24H32N2O5/c1-4-29-22(30-5-2)18-26(17-16-19-10-8-7-9-11-19)24(28)25-21-14-12-20(13-15-21)23(27)31-6-3/h7-15,22H,4-6,16-18H2,1-3H3,(H,25,28). The van der Waals surface area contributed by atoms with Crippen LogP contribution in [0.5, 0.6) is 0 Å². The maximum absolute atomic E-state index is 13.0. The summed E-state index contributed by atoms with van der Waals surface area (Å²) in [6.45, 7) is 7.66. The van der Waals surface area contributed by atoms with Gasteiger partial charge in [0, 0.05) is 25.4 Å². The fourth-order valence-electron chi connectivity index (χ4n) is 3.00. The Kier molecular flexibility index (Phi) is 10.5. The van der Waals surface area contributed by atoms with E-state index in [2.05, 4.69) is 5.32 Å². The highest BCUT2D eigenvalue weighted by molar-refractivity contribution is 5.92. The van der Waals surface area contributed by atoms with Gasteiger partial charge in [0.25, 0.3) is 0 Å². The number of esters is 1. The summed E-state index contributed by atoms with van der Waals surface area (Å²) in [6, 6.07) is 16.4. The number of anilines is 1. The summed E-state index contributed by atoms with van der Waals surface area (Å²) < 4.78 is 16.3. The van der Waals surface area contributed by atoms with Crippen LogP contribution in [0.15, 0.2) is 54.6 Å². The predicted molar refractivity (Wildman–Crippen MR) is 120 cm³/mol. The number of nitrogens with zero attached hydrogens (tertiary/aromatic N) is 1. The first-order valence-electron chi connectivity index (χ1n) is 10.7. The van der Waals surface area contributed by atoms with E-state index >= 15 is 0 Å². The lowest BCUT2D eigenvalue weighted by Crippen LogP contribution is -2.43. The van der Waals surface area contributed by atoms with E-state index in [1.165, 1.54) is 0 Å². The van der Waals surface area contributed by atoms with E-state index in [0.29, 0.717) is 50.6 Å². The van der Waals surface area contributed by atoms with Gasteiger partial charge >= 0.3 is 12.0 Å². The van der Waals surface area contributed by atoms with Gasteiger partial charge in [0.1, 0.15) is 0 Å². The molecule has 0 unspecified atom stereocenters. The lowest BCUT2D eigenvalue weighted by atomic mass is 10.1. The fraction of sp³-hybridized carbons (Fsp3) is 0.417. The molecule has 2 aromatic rings. The molecule has 31 heavy (non-hydrogen) atoms. The predicted octanol–water partition coefficient (Wildman–Crippen LogP) is 4.34. The van der Waals surface area contributed by atoms with Crippen molar-refractivity contribution < 1.29 is 23.8 Å². The first-order chi connectivity index (χ1) is 15.1. The molecule has 0 spiro atoms. The fourth-order valence-corrected chi connectivity index (χ4v) is 3.00. The van der Waals surface area contributed by atoms with Crippen molar-refractivity contribution in [3.8, 4) is 0 Å². The van der Waals surface area contributed by atoms with E-state index in [0.717, 1.165) is 5.56 Å². The molecule has 7 heteroatoms. The van der Waals surface area contributed by atoms with Crippen LogP contribution in [0.2, 0.25) is 0 Å². The Morgan fingerprint density at radius 1 is 0.903 bits per heavy atom. The largest absolute Gasteiger partial charge is 0.462 e. The Morgan fingerprint density at radius 3 is 2.13 bits per heavy atom. The molecule has 0 atom stereocenters. The zero-order valence-electron chi connectivity index (χ0n) is 18.5. The molecular formula is C24H32N2O5. The second kappa shape index (κ2) is 13.4. The Hall–Kier alpha value is -2.90. The third kappa shape index (κ3) is 8.39. The van der Waals surface area contributed by atoms with E-state index in [4.69, 9.17) is 14.2 Å². The van der Waals surface area contributed by atoms with Crippen LogP contribution in [0.4, 0.5) is 10.5 Å². The van der Waals surface area contributed by atoms with E-state index in [-0.39, 0.29) is 12.0 Å². The molecule has 0 aliphatic carbocycles. The Morgan fingerprint density at radius 2 is 1.55 bits per heavy atom. The molecule has 0 saturated heterocycles. The smallest absolute Gasteiger partial charge is 0.338 e. The number of carbonyl (C=O) groups is 2. The zero-order valence-corrected chi connectivity index (χ0v) is 18.5. The van der Waals surface area contributed by atoms with Crippen LogP contribution < -0.4 is 5.32 Å². The van der Waals surface area contributed by atoms with Crippen LogP contribution in [0.25, 0.3) is 0 Å². The van der Waals surface area contributed by atoms with Gasteiger partial charge in [0.15, 0.2) is 6.29 Å². The van der Waals surface area contributed by atoms with Gasteiger partial charge in [0.2, 0.25) is 0 Å².